The minimum absolute atomic E-state index is 0.403. The monoisotopic (exact) mass is 494 g/mol. The van der Waals surface area contributed by atoms with Crippen LogP contribution in [0.15, 0.2) is 75.1 Å². The molecule has 0 aliphatic heterocycles. The number of azo groups is 2. The van der Waals surface area contributed by atoms with E-state index in [1.165, 1.54) is 28.4 Å². The number of carbonyl (C=O) groups is 1. The largest absolute Gasteiger partial charge is 0.372 e. The number of fused-ring (bicyclic) bond motifs is 1. The lowest BCUT2D eigenvalue weighted by molar-refractivity contribution is 0.0260. The van der Waals surface area contributed by atoms with Crippen molar-refractivity contribution < 1.29 is 9.63 Å². The van der Waals surface area contributed by atoms with Crippen LogP contribution in [0.1, 0.15) is 23.5 Å². The number of nitrogens with zero attached hydrogens (tertiary/aromatic N) is 6. The molecule has 0 bridgehead atoms. The van der Waals surface area contributed by atoms with Crippen LogP contribution in [0.5, 0.6) is 0 Å². The number of rotatable bonds is 9. The van der Waals surface area contributed by atoms with Crippen LogP contribution in [-0.2, 0) is 4.84 Å². The van der Waals surface area contributed by atoms with Crippen LogP contribution in [0.3, 0.4) is 0 Å². The number of nitrogens with two attached hydrogens (primary N) is 1. The Balaban J connectivity index is 1.37. The van der Waals surface area contributed by atoms with Crippen LogP contribution in [0.4, 0.5) is 27.9 Å². The number of aromatic nitrogens is 1. The molecule has 12 heteroatoms. The van der Waals surface area contributed by atoms with Crippen LogP contribution in [0.2, 0.25) is 0 Å². The lowest BCUT2D eigenvalue weighted by atomic mass is 10.2. The van der Waals surface area contributed by atoms with Gasteiger partial charge in [0.2, 0.25) is 5.13 Å². The molecular formula is C22H22N8O2S2. The Labute approximate surface area is 203 Å². The number of benzene rings is 2. The number of hydrogen-bond acceptors (Lipinski definition) is 12. The average molecular weight is 495 g/mol. The zero-order valence-electron chi connectivity index (χ0n) is 18.5. The zero-order valence-corrected chi connectivity index (χ0v) is 20.1. The van der Waals surface area contributed by atoms with E-state index in [0.29, 0.717) is 26.2 Å². The number of hydrazine groups is 1. The molecule has 0 unspecified atom stereocenters. The molecule has 0 aliphatic carbocycles. The highest BCUT2D eigenvalue weighted by Gasteiger charge is 2.15. The van der Waals surface area contributed by atoms with Crippen molar-refractivity contribution in [1.29, 1.82) is 0 Å². The van der Waals surface area contributed by atoms with Crippen molar-refractivity contribution in [1.82, 2.24) is 10.6 Å². The summed E-state index contributed by atoms with van der Waals surface area (Å²) in [5.74, 6) is 4.43. The van der Waals surface area contributed by atoms with E-state index in [2.05, 4.69) is 61.2 Å². The van der Waals surface area contributed by atoms with Crippen molar-refractivity contribution in [3.63, 3.8) is 0 Å². The smallest absolute Gasteiger partial charge is 0.368 e. The molecule has 10 nitrogen and oxygen atoms in total. The molecule has 0 aliphatic rings. The van der Waals surface area contributed by atoms with E-state index in [4.69, 9.17) is 5.84 Å². The maximum atomic E-state index is 11.7. The molecule has 4 rings (SSSR count). The van der Waals surface area contributed by atoms with Crippen molar-refractivity contribution in [2.45, 2.75) is 13.8 Å². The van der Waals surface area contributed by atoms with E-state index >= 15 is 0 Å². The van der Waals surface area contributed by atoms with Gasteiger partial charge in [0, 0.05) is 18.8 Å². The first-order valence-corrected chi connectivity index (χ1v) is 12.1. The molecule has 4 aromatic rings. The van der Waals surface area contributed by atoms with Gasteiger partial charge in [-0.1, -0.05) is 16.9 Å². The summed E-state index contributed by atoms with van der Waals surface area (Å²) >= 11 is 2.53. The lowest BCUT2D eigenvalue weighted by Crippen LogP contribution is -2.25. The minimum atomic E-state index is -0.560. The second-order valence-corrected chi connectivity index (χ2v) is 8.93. The van der Waals surface area contributed by atoms with Crippen molar-refractivity contribution in [2.75, 3.05) is 18.0 Å². The quantitative estimate of drug-likeness (QED) is 0.154. The second-order valence-electron chi connectivity index (χ2n) is 6.89. The predicted molar refractivity (Wildman–Crippen MR) is 135 cm³/mol. The standard InChI is InChI=1S/C22H22N8O2S2/c1-3-30(4-2)17-11-9-16(10-12-17)26-25-14-5-7-15(8-6-14)27-28-22-24-20-18(34-22)13-19(33-20)21(31)32-29-23/h5-13,29H,3-4,23H2,1-2H3. The molecule has 0 radical (unpaired) electrons. The van der Waals surface area contributed by atoms with Gasteiger partial charge in [0.1, 0.15) is 9.71 Å². The van der Waals surface area contributed by atoms with Crippen LogP contribution < -0.4 is 16.3 Å². The Kier molecular flexibility index (Phi) is 7.65. The molecule has 0 amide bonds. The van der Waals surface area contributed by atoms with Crippen molar-refractivity contribution in [2.24, 2.45) is 26.3 Å². The molecule has 3 N–H and O–H groups in total. The third kappa shape index (κ3) is 5.66. The lowest BCUT2D eigenvalue weighted by Gasteiger charge is -2.20. The molecular weight excluding hydrogens is 472 g/mol. The highest BCUT2D eigenvalue weighted by molar-refractivity contribution is 7.29. The van der Waals surface area contributed by atoms with Gasteiger partial charge in [-0.15, -0.1) is 21.6 Å². The Morgan fingerprint density at radius 1 is 0.941 bits per heavy atom. The topological polar surface area (TPSA) is 130 Å². The number of nitrogens with one attached hydrogen (secondary N) is 1. The van der Waals surface area contributed by atoms with E-state index in [1.807, 2.05) is 42.0 Å². The summed E-state index contributed by atoms with van der Waals surface area (Å²) in [5, 5.41) is 17.5. The number of anilines is 1. The van der Waals surface area contributed by atoms with Gasteiger partial charge < -0.3 is 9.74 Å². The third-order valence-corrected chi connectivity index (χ3v) is 6.82. The first kappa shape index (κ1) is 23.6. The summed E-state index contributed by atoms with van der Waals surface area (Å²) in [4.78, 5) is 24.0. The summed E-state index contributed by atoms with van der Waals surface area (Å²) in [6, 6.07) is 17.0. The fraction of sp³-hybridized carbons (Fsp3) is 0.182. The van der Waals surface area contributed by atoms with E-state index in [-0.39, 0.29) is 0 Å². The highest BCUT2D eigenvalue weighted by Crippen LogP contribution is 2.35. The molecule has 0 saturated carbocycles. The molecule has 0 atom stereocenters. The zero-order chi connectivity index (χ0) is 23.9. The maximum absolute atomic E-state index is 11.7. The van der Waals surface area contributed by atoms with Gasteiger partial charge >= 0.3 is 5.97 Å². The SMILES string of the molecule is CCN(CC)c1ccc(N=Nc2ccc(N=Nc3nc4sc(C(=O)ONN)cc4s3)cc2)cc1. The Hall–Kier alpha value is -3.58. The van der Waals surface area contributed by atoms with Crippen molar-refractivity contribution in [3.8, 4) is 0 Å². The van der Waals surface area contributed by atoms with E-state index in [1.54, 1.807) is 6.07 Å². The fourth-order valence-electron chi connectivity index (χ4n) is 3.09. The second kappa shape index (κ2) is 11.0. The summed E-state index contributed by atoms with van der Waals surface area (Å²) < 4.78 is 0.823. The van der Waals surface area contributed by atoms with Gasteiger partial charge in [-0.05, 0) is 68.4 Å². The molecule has 2 heterocycles. The van der Waals surface area contributed by atoms with Gasteiger partial charge in [-0.3, -0.25) is 0 Å². The third-order valence-electron chi connectivity index (χ3n) is 4.79. The van der Waals surface area contributed by atoms with Gasteiger partial charge in [-0.2, -0.15) is 10.2 Å². The Bertz CT molecular complexity index is 1280. The summed E-state index contributed by atoms with van der Waals surface area (Å²) in [6.07, 6.45) is 0. The highest BCUT2D eigenvalue weighted by atomic mass is 32.1. The van der Waals surface area contributed by atoms with Gasteiger partial charge in [0.15, 0.2) is 0 Å². The van der Waals surface area contributed by atoms with E-state index in [0.717, 1.165) is 23.5 Å². The number of carbonyl (C=O) groups excluding carboxylic acids is 1. The van der Waals surface area contributed by atoms with E-state index < -0.39 is 5.97 Å². The fourth-order valence-corrected chi connectivity index (χ4v) is 5.00. The van der Waals surface area contributed by atoms with Crippen molar-refractivity contribution >= 4 is 66.1 Å². The van der Waals surface area contributed by atoms with Crippen molar-refractivity contribution in [3.05, 3.63) is 59.5 Å². The Morgan fingerprint density at radius 3 is 2.03 bits per heavy atom. The van der Waals surface area contributed by atoms with Crippen LogP contribution >= 0.6 is 22.7 Å². The number of thiophene rings is 1. The Morgan fingerprint density at radius 2 is 1.50 bits per heavy atom. The summed E-state index contributed by atoms with van der Waals surface area (Å²) in [7, 11) is 0. The first-order valence-electron chi connectivity index (χ1n) is 10.4. The maximum Gasteiger partial charge on any atom is 0.368 e. The molecule has 2 aromatic carbocycles. The number of hydrogen-bond donors (Lipinski definition) is 2. The van der Waals surface area contributed by atoms with Gasteiger partial charge in [-0.25, -0.2) is 15.6 Å². The van der Waals surface area contributed by atoms with Gasteiger partial charge in [0.25, 0.3) is 0 Å². The molecule has 174 valence electrons. The van der Waals surface area contributed by atoms with Gasteiger partial charge in [0.05, 0.1) is 21.8 Å². The van der Waals surface area contributed by atoms with Crippen LogP contribution in [0.25, 0.3) is 9.53 Å². The normalized spacial score (nSPS) is 11.6. The molecule has 0 fully saturated rings. The summed E-state index contributed by atoms with van der Waals surface area (Å²) in [6.45, 7) is 6.20. The first-order chi connectivity index (χ1) is 16.6. The number of thiazole rings is 1. The summed E-state index contributed by atoms with van der Waals surface area (Å²) in [5.41, 5.74) is 5.22. The minimum Gasteiger partial charge on any atom is -0.372 e. The molecule has 34 heavy (non-hydrogen) atoms. The molecule has 0 spiro atoms. The average Bonchev–Trinajstić information content (AvgIpc) is 3.43. The molecule has 2 aromatic heterocycles. The predicted octanol–water partition coefficient (Wildman–Crippen LogP) is 6.57. The molecule has 0 saturated heterocycles. The van der Waals surface area contributed by atoms with Crippen LogP contribution in [-0.4, -0.2) is 24.0 Å². The van der Waals surface area contributed by atoms with Crippen LogP contribution in [0, 0.1) is 0 Å². The van der Waals surface area contributed by atoms with E-state index in [9.17, 15) is 4.79 Å².